The Kier molecular flexibility index (Phi) is 7.56. The molecular formula is C24H27ClN6O3S. The van der Waals surface area contributed by atoms with Gasteiger partial charge in [0.25, 0.3) is 5.91 Å². The van der Waals surface area contributed by atoms with Crippen molar-refractivity contribution in [2.24, 2.45) is 0 Å². The van der Waals surface area contributed by atoms with Crippen LogP contribution in [0.4, 0.5) is 11.5 Å². The van der Waals surface area contributed by atoms with Gasteiger partial charge >= 0.3 is 0 Å². The summed E-state index contributed by atoms with van der Waals surface area (Å²) in [6.45, 7) is 2.42. The molecule has 0 radical (unpaired) electrons. The number of carbonyl (C=O) groups excluding carboxylic acids is 2. The van der Waals surface area contributed by atoms with Gasteiger partial charge in [-0.05, 0) is 56.9 Å². The Morgan fingerprint density at radius 3 is 2.83 bits per heavy atom. The monoisotopic (exact) mass is 514 g/mol. The number of thioether (sulfide) groups is 1. The summed E-state index contributed by atoms with van der Waals surface area (Å²) in [6.07, 6.45) is 3.70. The lowest BCUT2D eigenvalue weighted by Crippen LogP contribution is -2.48. The second-order valence-electron chi connectivity index (χ2n) is 8.81. The maximum atomic E-state index is 13.0. The third-order valence-corrected chi connectivity index (χ3v) is 7.33. The number of rotatable bonds is 5. The fourth-order valence-corrected chi connectivity index (χ4v) is 5.11. The first-order valence-corrected chi connectivity index (χ1v) is 12.3. The molecule has 0 saturated heterocycles. The quantitative estimate of drug-likeness (QED) is 0.408. The van der Waals surface area contributed by atoms with Crippen LogP contribution in [0.5, 0.6) is 0 Å². The van der Waals surface area contributed by atoms with E-state index in [4.69, 9.17) is 0 Å². The third kappa shape index (κ3) is 5.56. The second-order valence-corrected chi connectivity index (χ2v) is 9.83. The van der Waals surface area contributed by atoms with Gasteiger partial charge < -0.3 is 21.1 Å². The molecule has 0 unspecified atom stereocenters. The highest BCUT2D eigenvalue weighted by Gasteiger charge is 2.40. The Labute approximate surface area is 213 Å². The predicted molar refractivity (Wildman–Crippen MR) is 138 cm³/mol. The molecule has 5 rings (SSSR count). The fourth-order valence-electron chi connectivity index (χ4n) is 4.35. The number of hydrogen-bond donors (Lipinski definition) is 4. The van der Waals surface area contributed by atoms with Gasteiger partial charge in [-0.1, -0.05) is 6.07 Å². The molecule has 1 aliphatic carbocycles. The van der Waals surface area contributed by atoms with E-state index in [0.29, 0.717) is 60.5 Å². The van der Waals surface area contributed by atoms with Crippen molar-refractivity contribution in [1.29, 1.82) is 0 Å². The molecule has 3 heterocycles. The highest BCUT2D eigenvalue weighted by Crippen LogP contribution is 2.32. The average molecular weight is 515 g/mol. The van der Waals surface area contributed by atoms with Crippen molar-refractivity contribution < 1.29 is 14.7 Å². The number of nitrogens with zero attached hydrogens (tertiary/aromatic N) is 3. The number of pyridine rings is 1. The minimum atomic E-state index is -1.43. The van der Waals surface area contributed by atoms with Crippen LogP contribution in [0.3, 0.4) is 0 Å². The highest BCUT2D eigenvalue weighted by molar-refractivity contribution is 8.00. The Morgan fingerprint density at radius 1 is 1.23 bits per heavy atom. The van der Waals surface area contributed by atoms with Crippen LogP contribution in [-0.4, -0.2) is 49.3 Å². The number of carbonyl (C=O) groups is 2. The minimum Gasteiger partial charge on any atom is -0.380 e. The number of benzene rings is 1. The van der Waals surface area contributed by atoms with Crippen molar-refractivity contribution in [2.45, 2.75) is 55.7 Å². The number of fused-ring (bicyclic) bond motifs is 2. The normalized spacial score (nSPS) is 21.5. The molecule has 9 nitrogen and oxygen atoms in total. The SMILES string of the molecule is Cc1cnc2c(NC(=O)[C@]3(O)CC[C@H](NCc4ccc5c(n4)NC(=O)CS5)CC3)cccc2n1.Cl. The first kappa shape index (κ1) is 25.3. The largest absolute Gasteiger partial charge is 0.380 e. The number of amides is 2. The first-order chi connectivity index (χ1) is 16.4. The number of para-hydroxylation sites is 1. The summed E-state index contributed by atoms with van der Waals surface area (Å²) < 4.78 is 0. The summed E-state index contributed by atoms with van der Waals surface area (Å²) in [5.41, 5.74) is 2.07. The molecule has 35 heavy (non-hydrogen) atoms. The van der Waals surface area contributed by atoms with Gasteiger partial charge in [-0.15, -0.1) is 24.2 Å². The summed E-state index contributed by atoms with van der Waals surface area (Å²) in [7, 11) is 0. The van der Waals surface area contributed by atoms with Gasteiger partial charge in [-0.3, -0.25) is 14.6 Å². The van der Waals surface area contributed by atoms with E-state index >= 15 is 0 Å². The molecule has 4 N–H and O–H groups in total. The van der Waals surface area contributed by atoms with E-state index in [1.807, 2.05) is 31.2 Å². The molecule has 184 valence electrons. The molecule has 2 aromatic heterocycles. The van der Waals surface area contributed by atoms with Gasteiger partial charge in [0.1, 0.15) is 16.9 Å². The second kappa shape index (κ2) is 10.4. The van der Waals surface area contributed by atoms with Crippen LogP contribution in [0.25, 0.3) is 11.0 Å². The smallest absolute Gasteiger partial charge is 0.256 e. The lowest BCUT2D eigenvalue weighted by Gasteiger charge is -2.35. The van der Waals surface area contributed by atoms with Crippen molar-refractivity contribution in [3.05, 3.63) is 47.9 Å². The van der Waals surface area contributed by atoms with Crippen molar-refractivity contribution in [1.82, 2.24) is 20.3 Å². The van der Waals surface area contributed by atoms with Crippen LogP contribution in [0, 0.1) is 6.92 Å². The van der Waals surface area contributed by atoms with Crippen molar-refractivity contribution in [2.75, 3.05) is 16.4 Å². The highest BCUT2D eigenvalue weighted by atomic mass is 35.5. The number of aliphatic hydroxyl groups is 1. The molecule has 2 amide bonds. The van der Waals surface area contributed by atoms with Crippen LogP contribution in [0.1, 0.15) is 37.1 Å². The van der Waals surface area contributed by atoms with E-state index in [9.17, 15) is 14.7 Å². The molecule has 1 fully saturated rings. The number of aryl methyl sites for hydroxylation is 1. The van der Waals surface area contributed by atoms with Crippen molar-refractivity contribution in [3.8, 4) is 0 Å². The van der Waals surface area contributed by atoms with Gasteiger partial charge in [0.15, 0.2) is 0 Å². The van der Waals surface area contributed by atoms with Crippen LogP contribution in [-0.2, 0) is 16.1 Å². The fraction of sp³-hybridized carbons (Fsp3) is 0.375. The molecule has 1 saturated carbocycles. The molecule has 2 aliphatic rings. The summed E-state index contributed by atoms with van der Waals surface area (Å²) in [5.74, 6) is 0.581. The van der Waals surface area contributed by atoms with E-state index in [1.54, 1.807) is 12.3 Å². The maximum Gasteiger partial charge on any atom is 0.256 e. The van der Waals surface area contributed by atoms with Gasteiger partial charge in [0.2, 0.25) is 5.91 Å². The molecule has 0 spiro atoms. The van der Waals surface area contributed by atoms with Crippen LogP contribution < -0.4 is 16.0 Å². The zero-order valence-electron chi connectivity index (χ0n) is 19.2. The van der Waals surface area contributed by atoms with E-state index in [1.165, 1.54) is 11.8 Å². The van der Waals surface area contributed by atoms with Crippen LogP contribution >= 0.6 is 24.2 Å². The first-order valence-electron chi connectivity index (χ1n) is 11.3. The Balaban J connectivity index is 0.00000289. The summed E-state index contributed by atoms with van der Waals surface area (Å²) in [5, 5.41) is 20.2. The van der Waals surface area contributed by atoms with Gasteiger partial charge in [0, 0.05) is 18.8 Å². The lowest BCUT2D eigenvalue weighted by molar-refractivity contribution is -0.137. The van der Waals surface area contributed by atoms with E-state index in [0.717, 1.165) is 16.3 Å². The summed E-state index contributed by atoms with van der Waals surface area (Å²) >= 11 is 1.49. The molecular weight excluding hydrogens is 488 g/mol. The Hall–Kier alpha value is -2.79. The number of halogens is 1. The zero-order valence-corrected chi connectivity index (χ0v) is 20.8. The molecule has 0 atom stereocenters. The maximum absolute atomic E-state index is 13.0. The zero-order chi connectivity index (χ0) is 23.7. The van der Waals surface area contributed by atoms with Gasteiger partial charge in [0.05, 0.1) is 33.2 Å². The van der Waals surface area contributed by atoms with Crippen LogP contribution in [0.15, 0.2) is 41.4 Å². The number of hydrogen-bond acceptors (Lipinski definition) is 8. The topological polar surface area (TPSA) is 129 Å². The third-order valence-electron chi connectivity index (χ3n) is 6.28. The minimum absolute atomic E-state index is 0. The number of aromatic nitrogens is 3. The molecule has 1 aromatic carbocycles. The van der Waals surface area contributed by atoms with Gasteiger partial charge in [-0.2, -0.15) is 0 Å². The predicted octanol–water partition coefficient (Wildman–Crippen LogP) is 3.20. The van der Waals surface area contributed by atoms with Crippen molar-refractivity contribution in [3.63, 3.8) is 0 Å². The Bertz CT molecular complexity index is 1270. The number of nitrogens with one attached hydrogen (secondary N) is 3. The molecule has 3 aromatic rings. The Morgan fingerprint density at radius 2 is 2.03 bits per heavy atom. The van der Waals surface area contributed by atoms with Gasteiger partial charge in [-0.25, -0.2) is 9.97 Å². The van der Waals surface area contributed by atoms with Crippen molar-refractivity contribution >= 4 is 58.5 Å². The van der Waals surface area contributed by atoms with E-state index in [-0.39, 0.29) is 24.4 Å². The van der Waals surface area contributed by atoms with E-state index in [2.05, 4.69) is 30.9 Å². The average Bonchev–Trinajstić information content (AvgIpc) is 2.83. The summed E-state index contributed by atoms with van der Waals surface area (Å²) in [4.78, 5) is 38.9. The molecule has 0 bridgehead atoms. The lowest BCUT2D eigenvalue weighted by atomic mass is 9.81. The number of anilines is 2. The van der Waals surface area contributed by atoms with E-state index < -0.39 is 11.5 Å². The standard InChI is InChI=1S/C24H26N6O3S.ClH/c1-14-11-26-21-17(27-14)3-2-4-18(21)29-23(32)24(33)9-7-15(8-10-24)25-12-16-5-6-19-22(28-16)30-20(31)13-34-19;/h2-6,11,15,25,33H,7-10,12-13H2,1H3,(H,29,32)(H,28,30,31);1H/t15-,24-;. The summed E-state index contributed by atoms with van der Waals surface area (Å²) in [6, 6.07) is 9.54. The molecule has 11 heteroatoms. The molecule has 1 aliphatic heterocycles. The van der Waals surface area contributed by atoms with Crippen LogP contribution in [0.2, 0.25) is 0 Å².